The fourth-order valence-corrected chi connectivity index (χ4v) is 2.23. The van der Waals surface area contributed by atoms with Gasteiger partial charge in [-0.3, -0.25) is 4.79 Å². The Morgan fingerprint density at radius 3 is 2.23 bits per heavy atom. The number of carbonyl (C=O) groups is 2. The molecule has 4 heteroatoms. The number of amides is 1. The van der Waals surface area contributed by atoms with Crippen LogP contribution < -0.4 is 0 Å². The molecule has 0 unspecified atom stereocenters. The standard InChI is InChI=1S/C18H19NO3/c1-13(18(21)22-3)19(2)17(20)16-12-8-7-11-15(16)14-9-5-4-6-10-14/h4-13H,1-3H3/t13-/m0/s1. The van der Waals surface area contributed by atoms with Gasteiger partial charge in [-0.15, -0.1) is 0 Å². The van der Waals surface area contributed by atoms with Gasteiger partial charge in [0.25, 0.3) is 5.91 Å². The van der Waals surface area contributed by atoms with E-state index in [0.717, 1.165) is 11.1 Å². The summed E-state index contributed by atoms with van der Waals surface area (Å²) in [6.45, 7) is 1.65. The maximum absolute atomic E-state index is 12.7. The van der Waals surface area contributed by atoms with Crippen LogP contribution in [-0.4, -0.2) is 37.0 Å². The molecule has 0 bridgehead atoms. The van der Waals surface area contributed by atoms with Crippen molar-refractivity contribution in [1.29, 1.82) is 0 Å². The molecule has 2 rings (SSSR count). The van der Waals surface area contributed by atoms with E-state index >= 15 is 0 Å². The van der Waals surface area contributed by atoms with Gasteiger partial charge in [-0.05, 0) is 24.1 Å². The molecule has 0 aliphatic heterocycles. The van der Waals surface area contributed by atoms with Crippen molar-refractivity contribution < 1.29 is 14.3 Å². The number of esters is 1. The molecule has 114 valence electrons. The fraction of sp³-hybridized carbons (Fsp3) is 0.222. The van der Waals surface area contributed by atoms with Gasteiger partial charge in [0.15, 0.2) is 0 Å². The number of nitrogens with zero attached hydrogens (tertiary/aromatic N) is 1. The molecule has 0 aliphatic carbocycles. The molecule has 22 heavy (non-hydrogen) atoms. The van der Waals surface area contributed by atoms with Crippen molar-refractivity contribution in [3.05, 3.63) is 60.2 Å². The lowest BCUT2D eigenvalue weighted by Gasteiger charge is -2.24. The zero-order chi connectivity index (χ0) is 16.1. The van der Waals surface area contributed by atoms with Gasteiger partial charge in [0, 0.05) is 12.6 Å². The summed E-state index contributed by atoms with van der Waals surface area (Å²) in [5.74, 6) is -0.648. The Labute approximate surface area is 130 Å². The lowest BCUT2D eigenvalue weighted by molar-refractivity contribution is -0.144. The first-order chi connectivity index (χ1) is 10.6. The van der Waals surface area contributed by atoms with E-state index in [1.165, 1.54) is 12.0 Å². The second-order valence-corrected chi connectivity index (χ2v) is 5.03. The fourth-order valence-electron chi connectivity index (χ4n) is 2.23. The summed E-state index contributed by atoms with van der Waals surface area (Å²) < 4.78 is 4.70. The van der Waals surface area contributed by atoms with Crippen molar-refractivity contribution in [2.24, 2.45) is 0 Å². The van der Waals surface area contributed by atoms with Crippen LogP contribution in [0.5, 0.6) is 0 Å². The molecule has 0 saturated heterocycles. The first-order valence-electron chi connectivity index (χ1n) is 7.05. The van der Waals surface area contributed by atoms with Crippen LogP contribution in [0.1, 0.15) is 17.3 Å². The van der Waals surface area contributed by atoms with E-state index in [0.29, 0.717) is 5.56 Å². The summed E-state index contributed by atoms with van der Waals surface area (Å²) in [7, 11) is 2.92. The Hall–Kier alpha value is -2.62. The lowest BCUT2D eigenvalue weighted by Crippen LogP contribution is -2.41. The van der Waals surface area contributed by atoms with E-state index in [1.807, 2.05) is 48.5 Å². The third-order valence-corrected chi connectivity index (χ3v) is 3.69. The number of hydrogen-bond donors (Lipinski definition) is 0. The molecular formula is C18H19NO3. The largest absolute Gasteiger partial charge is 0.467 e. The summed E-state index contributed by atoms with van der Waals surface area (Å²) in [5.41, 5.74) is 2.37. The number of carbonyl (C=O) groups excluding carboxylic acids is 2. The predicted octanol–water partition coefficient (Wildman–Crippen LogP) is 2.99. The van der Waals surface area contributed by atoms with Gasteiger partial charge < -0.3 is 9.64 Å². The van der Waals surface area contributed by atoms with Crippen molar-refractivity contribution >= 4 is 11.9 Å². The predicted molar refractivity (Wildman–Crippen MR) is 85.4 cm³/mol. The molecule has 1 atom stereocenters. The summed E-state index contributed by atoms with van der Waals surface area (Å²) in [5, 5.41) is 0. The smallest absolute Gasteiger partial charge is 0.328 e. The molecular weight excluding hydrogens is 278 g/mol. The highest BCUT2D eigenvalue weighted by Gasteiger charge is 2.25. The Kier molecular flexibility index (Phi) is 4.94. The van der Waals surface area contributed by atoms with E-state index < -0.39 is 12.0 Å². The normalized spacial score (nSPS) is 11.6. The van der Waals surface area contributed by atoms with E-state index in [2.05, 4.69) is 0 Å². The maximum atomic E-state index is 12.7. The number of likely N-dealkylation sites (N-methyl/N-ethyl adjacent to an activating group) is 1. The zero-order valence-corrected chi connectivity index (χ0v) is 12.9. The van der Waals surface area contributed by atoms with Gasteiger partial charge >= 0.3 is 5.97 Å². The van der Waals surface area contributed by atoms with Gasteiger partial charge in [-0.2, -0.15) is 0 Å². The number of ether oxygens (including phenoxy) is 1. The quantitative estimate of drug-likeness (QED) is 0.815. The Balaban J connectivity index is 2.37. The highest BCUT2D eigenvalue weighted by molar-refractivity contribution is 6.02. The van der Waals surface area contributed by atoms with E-state index in [1.54, 1.807) is 20.0 Å². The molecule has 0 fully saturated rings. The van der Waals surface area contributed by atoms with Crippen LogP contribution in [0, 0.1) is 0 Å². The minimum Gasteiger partial charge on any atom is -0.467 e. The van der Waals surface area contributed by atoms with Crippen molar-refractivity contribution in [3.8, 4) is 11.1 Å². The van der Waals surface area contributed by atoms with Crippen LogP contribution in [0.15, 0.2) is 54.6 Å². The molecule has 0 spiro atoms. The van der Waals surface area contributed by atoms with Crippen LogP contribution >= 0.6 is 0 Å². The zero-order valence-electron chi connectivity index (χ0n) is 12.9. The van der Waals surface area contributed by atoms with Crippen LogP contribution in [0.25, 0.3) is 11.1 Å². The molecule has 0 radical (unpaired) electrons. The SMILES string of the molecule is COC(=O)[C@H](C)N(C)C(=O)c1ccccc1-c1ccccc1. The average Bonchev–Trinajstić information content (AvgIpc) is 2.59. The Morgan fingerprint density at radius 2 is 1.59 bits per heavy atom. The lowest BCUT2D eigenvalue weighted by atomic mass is 9.98. The number of hydrogen-bond acceptors (Lipinski definition) is 3. The molecule has 0 N–H and O–H groups in total. The van der Waals surface area contributed by atoms with Gasteiger partial charge in [-0.1, -0.05) is 48.5 Å². The van der Waals surface area contributed by atoms with Gasteiger partial charge in [0.1, 0.15) is 6.04 Å². The first-order valence-corrected chi connectivity index (χ1v) is 7.05. The Bertz CT molecular complexity index is 667. The topological polar surface area (TPSA) is 46.6 Å². The second-order valence-electron chi connectivity index (χ2n) is 5.03. The van der Waals surface area contributed by atoms with E-state index in [-0.39, 0.29) is 5.91 Å². The Morgan fingerprint density at radius 1 is 1.00 bits per heavy atom. The van der Waals surface area contributed by atoms with Crippen molar-refractivity contribution in [3.63, 3.8) is 0 Å². The molecule has 1 amide bonds. The monoisotopic (exact) mass is 297 g/mol. The van der Waals surface area contributed by atoms with Crippen LogP contribution in [0.3, 0.4) is 0 Å². The number of rotatable bonds is 4. The third kappa shape index (κ3) is 3.17. The van der Waals surface area contributed by atoms with Crippen molar-refractivity contribution in [2.45, 2.75) is 13.0 Å². The van der Waals surface area contributed by atoms with Crippen LogP contribution in [-0.2, 0) is 9.53 Å². The summed E-state index contributed by atoms with van der Waals surface area (Å²) in [6.07, 6.45) is 0. The molecule has 2 aromatic rings. The summed E-state index contributed by atoms with van der Waals surface area (Å²) in [6, 6.07) is 16.4. The van der Waals surface area contributed by atoms with Crippen molar-refractivity contribution in [2.75, 3.05) is 14.2 Å². The van der Waals surface area contributed by atoms with Gasteiger partial charge in [-0.25, -0.2) is 4.79 Å². The molecule has 0 aromatic heterocycles. The molecule has 0 heterocycles. The van der Waals surface area contributed by atoms with Crippen molar-refractivity contribution in [1.82, 2.24) is 4.90 Å². The molecule has 0 aliphatic rings. The number of benzene rings is 2. The van der Waals surface area contributed by atoms with Crippen LogP contribution in [0.2, 0.25) is 0 Å². The first kappa shape index (κ1) is 15.8. The average molecular weight is 297 g/mol. The molecule has 2 aromatic carbocycles. The van der Waals surface area contributed by atoms with E-state index in [4.69, 9.17) is 4.74 Å². The summed E-state index contributed by atoms with van der Waals surface area (Å²) >= 11 is 0. The van der Waals surface area contributed by atoms with Gasteiger partial charge in [0.05, 0.1) is 7.11 Å². The van der Waals surface area contributed by atoms with Gasteiger partial charge in [0.2, 0.25) is 0 Å². The van der Waals surface area contributed by atoms with E-state index in [9.17, 15) is 9.59 Å². The van der Waals surface area contributed by atoms with Crippen LogP contribution in [0.4, 0.5) is 0 Å². The second kappa shape index (κ2) is 6.89. The molecule has 0 saturated carbocycles. The minimum absolute atomic E-state index is 0.211. The number of methoxy groups -OCH3 is 1. The summed E-state index contributed by atoms with van der Waals surface area (Å²) in [4.78, 5) is 25.7. The minimum atomic E-state index is -0.638. The highest BCUT2D eigenvalue weighted by Crippen LogP contribution is 2.24. The molecule has 4 nitrogen and oxygen atoms in total. The maximum Gasteiger partial charge on any atom is 0.328 e. The highest BCUT2D eigenvalue weighted by atomic mass is 16.5. The third-order valence-electron chi connectivity index (χ3n) is 3.69.